The molecule has 1 aliphatic heterocycles. The summed E-state index contributed by atoms with van der Waals surface area (Å²) in [5, 5.41) is 10.5. The number of rotatable bonds is 5. The SMILES string of the molecule is CCCN(C(=O)c1cc(C(C)C)[nH]n1)C1CCNCC1. The maximum atomic E-state index is 12.7. The predicted octanol–water partition coefficient (Wildman–Crippen LogP) is 2.14. The standard InChI is InChI=1S/C15H26N4O/c1-4-9-19(12-5-7-16-8-6-12)15(20)14-10-13(11(2)3)17-18-14/h10-12,16H,4-9H2,1-3H3,(H,17,18). The van der Waals surface area contributed by atoms with Crippen molar-refractivity contribution in [3.63, 3.8) is 0 Å². The lowest BCUT2D eigenvalue weighted by Crippen LogP contribution is -2.46. The summed E-state index contributed by atoms with van der Waals surface area (Å²) in [7, 11) is 0. The molecule has 2 rings (SSSR count). The quantitative estimate of drug-likeness (QED) is 0.867. The molecule has 0 spiro atoms. The normalized spacial score (nSPS) is 16.6. The monoisotopic (exact) mass is 278 g/mol. The van der Waals surface area contributed by atoms with Crippen molar-refractivity contribution in [3.05, 3.63) is 17.5 Å². The molecular weight excluding hydrogens is 252 g/mol. The highest BCUT2D eigenvalue weighted by molar-refractivity contribution is 5.92. The first-order chi connectivity index (χ1) is 9.63. The van der Waals surface area contributed by atoms with Crippen molar-refractivity contribution in [2.45, 2.75) is 52.0 Å². The van der Waals surface area contributed by atoms with E-state index in [1.54, 1.807) is 0 Å². The van der Waals surface area contributed by atoms with Crippen LogP contribution in [-0.2, 0) is 0 Å². The topological polar surface area (TPSA) is 61.0 Å². The third kappa shape index (κ3) is 3.39. The van der Waals surface area contributed by atoms with Crippen LogP contribution in [0.4, 0.5) is 0 Å². The number of aromatic amines is 1. The van der Waals surface area contributed by atoms with Crippen molar-refractivity contribution < 1.29 is 4.79 Å². The van der Waals surface area contributed by atoms with E-state index in [2.05, 4.69) is 36.3 Å². The van der Waals surface area contributed by atoms with Crippen molar-refractivity contribution >= 4 is 5.91 Å². The minimum atomic E-state index is 0.0712. The number of aromatic nitrogens is 2. The van der Waals surface area contributed by atoms with Crippen LogP contribution in [0.15, 0.2) is 6.07 Å². The largest absolute Gasteiger partial charge is 0.334 e. The van der Waals surface area contributed by atoms with Crippen molar-refractivity contribution in [1.29, 1.82) is 0 Å². The first-order valence-corrected chi connectivity index (χ1v) is 7.70. The van der Waals surface area contributed by atoms with Crippen LogP contribution in [0.1, 0.15) is 62.1 Å². The van der Waals surface area contributed by atoms with E-state index in [4.69, 9.17) is 0 Å². The predicted molar refractivity (Wildman–Crippen MR) is 79.9 cm³/mol. The maximum Gasteiger partial charge on any atom is 0.274 e. The maximum absolute atomic E-state index is 12.7. The molecule has 112 valence electrons. The van der Waals surface area contributed by atoms with Crippen LogP contribution in [0, 0.1) is 0 Å². The van der Waals surface area contributed by atoms with Gasteiger partial charge < -0.3 is 10.2 Å². The summed E-state index contributed by atoms with van der Waals surface area (Å²) in [6, 6.07) is 2.25. The fraction of sp³-hybridized carbons (Fsp3) is 0.733. The van der Waals surface area contributed by atoms with Gasteiger partial charge >= 0.3 is 0 Å². The molecule has 1 fully saturated rings. The van der Waals surface area contributed by atoms with Crippen molar-refractivity contribution in [1.82, 2.24) is 20.4 Å². The van der Waals surface area contributed by atoms with Gasteiger partial charge in [0, 0.05) is 18.3 Å². The van der Waals surface area contributed by atoms with Crippen LogP contribution in [0.5, 0.6) is 0 Å². The molecule has 5 nitrogen and oxygen atoms in total. The summed E-state index contributed by atoms with van der Waals surface area (Å²) >= 11 is 0. The van der Waals surface area contributed by atoms with E-state index in [0.29, 0.717) is 17.7 Å². The summed E-state index contributed by atoms with van der Waals surface area (Å²) in [6.45, 7) is 9.11. The zero-order chi connectivity index (χ0) is 14.5. The Hall–Kier alpha value is -1.36. The summed E-state index contributed by atoms with van der Waals surface area (Å²) in [5.41, 5.74) is 1.58. The Labute approximate surface area is 121 Å². The molecule has 0 radical (unpaired) electrons. The molecule has 2 N–H and O–H groups in total. The molecule has 5 heteroatoms. The van der Waals surface area contributed by atoms with Crippen LogP contribution in [0.25, 0.3) is 0 Å². The van der Waals surface area contributed by atoms with Gasteiger partial charge in [0.05, 0.1) is 0 Å². The number of carbonyl (C=O) groups excluding carboxylic acids is 1. The van der Waals surface area contributed by atoms with E-state index < -0.39 is 0 Å². The van der Waals surface area contributed by atoms with Crippen LogP contribution >= 0.6 is 0 Å². The van der Waals surface area contributed by atoms with Gasteiger partial charge in [-0.3, -0.25) is 9.89 Å². The lowest BCUT2D eigenvalue weighted by Gasteiger charge is -2.34. The van der Waals surface area contributed by atoms with E-state index >= 15 is 0 Å². The Kier molecular flexibility index (Phi) is 5.17. The first kappa shape index (κ1) is 15.0. The van der Waals surface area contributed by atoms with Gasteiger partial charge in [-0.25, -0.2) is 0 Å². The van der Waals surface area contributed by atoms with E-state index in [9.17, 15) is 4.79 Å². The van der Waals surface area contributed by atoms with E-state index in [1.165, 1.54) is 0 Å². The second-order valence-corrected chi connectivity index (χ2v) is 5.84. The highest BCUT2D eigenvalue weighted by Crippen LogP contribution is 2.18. The Morgan fingerprint density at radius 1 is 1.45 bits per heavy atom. The van der Waals surface area contributed by atoms with Crippen LogP contribution in [-0.4, -0.2) is 46.7 Å². The van der Waals surface area contributed by atoms with Gasteiger partial charge in [-0.15, -0.1) is 0 Å². The second kappa shape index (κ2) is 6.88. The average Bonchev–Trinajstić information content (AvgIpc) is 2.95. The second-order valence-electron chi connectivity index (χ2n) is 5.84. The molecule has 1 aromatic heterocycles. The molecule has 0 unspecified atom stereocenters. The van der Waals surface area contributed by atoms with Gasteiger partial charge in [0.1, 0.15) is 5.69 Å². The lowest BCUT2D eigenvalue weighted by molar-refractivity contribution is 0.0636. The van der Waals surface area contributed by atoms with E-state index in [-0.39, 0.29) is 5.91 Å². The smallest absolute Gasteiger partial charge is 0.274 e. The Balaban J connectivity index is 2.12. The Morgan fingerprint density at radius 2 is 2.15 bits per heavy atom. The molecule has 0 aromatic carbocycles. The zero-order valence-electron chi connectivity index (χ0n) is 12.8. The van der Waals surface area contributed by atoms with Gasteiger partial charge in [-0.05, 0) is 44.3 Å². The number of piperidine rings is 1. The fourth-order valence-electron chi connectivity index (χ4n) is 2.70. The summed E-state index contributed by atoms with van der Waals surface area (Å²) in [6.07, 6.45) is 3.05. The van der Waals surface area contributed by atoms with Gasteiger partial charge in [0.2, 0.25) is 0 Å². The number of H-pyrrole nitrogens is 1. The minimum Gasteiger partial charge on any atom is -0.334 e. The van der Waals surface area contributed by atoms with Gasteiger partial charge in [-0.2, -0.15) is 5.10 Å². The molecule has 0 bridgehead atoms. The average molecular weight is 278 g/mol. The Morgan fingerprint density at radius 3 is 2.70 bits per heavy atom. The van der Waals surface area contributed by atoms with Gasteiger partial charge in [0.25, 0.3) is 5.91 Å². The highest BCUT2D eigenvalue weighted by Gasteiger charge is 2.27. The third-order valence-electron chi connectivity index (χ3n) is 3.91. The summed E-state index contributed by atoms with van der Waals surface area (Å²) < 4.78 is 0. The molecule has 2 heterocycles. The number of amides is 1. The van der Waals surface area contributed by atoms with Crippen molar-refractivity contribution in [2.75, 3.05) is 19.6 Å². The van der Waals surface area contributed by atoms with Gasteiger partial charge in [0.15, 0.2) is 0 Å². The van der Waals surface area contributed by atoms with Crippen molar-refractivity contribution in [3.8, 4) is 0 Å². The van der Waals surface area contributed by atoms with Crippen molar-refractivity contribution in [2.24, 2.45) is 0 Å². The highest BCUT2D eigenvalue weighted by atomic mass is 16.2. The third-order valence-corrected chi connectivity index (χ3v) is 3.91. The Bertz CT molecular complexity index is 435. The molecular formula is C15H26N4O. The number of hydrogen-bond acceptors (Lipinski definition) is 3. The fourth-order valence-corrected chi connectivity index (χ4v) is 2.70. The molecule has 1 aromatic rings. The molecule has 1 saturated heterocycles. The molecule has 1 amide bonds. The molecule has 1 aliphatic rings. The zero-order valence-corrected chi connectivity index (χ0v) is 12.8. The molecule has 20 heavy (non-hydrogen) atoms. The summed E-state index contributed by atoms with van der Waals surface area (Å²) in [5.74, 6) is 0.435. The molecule has 0 aliphatic carbocycles. The number of hydrogen-bond donors (Lipinski definition) is 2. The summed E-state index contributed by atoms with van der Waals surface area (Å²) in [4.78, 5) is 14.7. The van der Waals surface area contributed by atoms with E-state index in [1.807, 2.05) is 11.0 Å². The van der Waals surface area contributed by atoms with Crippen LogP contribution in [0.2, 0.25) is 0 Å². The van der Waals surface area contributed by atoms with Crippen LogP contribution < -0.4 is 5.32 Å². The molecule has 0 saturated carbocycles. The number of nitrogens with zero attached hydrogens (tertiary/aromatic N) is 2. The minimum absolute atomic E-state index is 0.0712. The van der Waals surface area contributed by atoms with E-state index in [0.717, 1.165) is 44.6 Å². The lowest BCUT2D eigenvalue weighted by atomic mass is 10.0. The van der Waals surface area contributed by atoms with Gasteiger partial charge in [-0.1, -0.05) is 20.8 Å². The molecule has 0 atom stereocenters. The van der Waals surface area contributed by atoms with Crippen LogP contribution in [0.3, 0.4) is 0 Å². The first-order valence-electron chi connectivity index (χ1n) is 7.70. The number of carbonyl (C=O) groups is 1. The number of nitrogens with one attached hydrogen (secondary N) is 2.